The van der Waals surface area contributed by atoms with Crippen molar-refractivity contribution in [2.24, 2.45) is 10.2 Å². The number of benzene rings is 2. The van der Waals surface area contributed by atoms with Gasteiger partial charge in [0.05, 0.1) is 18.2 Å². The first-order valence-electron chi connectivity index (χ1n) is 7.36. The van der Waals surface area contributed by atoms with Crippen LogP contribution in [0.15, 0.2) is 63.6 Å². The van der Waals surface area contributed by atoms with E-state index in [2.05, 4.69) is 38.1 Å². The number of amidine groups is 1. The lowest BCUT2D eigenvalue weighted by molar-refractivity contribution is -0.115. The van der Waals surface area contributed by atoms with Gasteiger partial charge in [0.25, 0.3) is 5.91 Å². The highest BCUT2D eigenvalue weighted by molar-refractivity contribution is 14.1. The molecule has 1 aliphatic heterocycles. The summed E-state index contributed by atoms with van der Waals surface area (Å²) in [4.78, 5) is 12.7. The van der Waals surface area contributed by atoms with Gasteiger partial charge in [-0.3, -0.25) is 10.1 Å². The molecular formula is C18H14IN3O2S. The van der Waals surface area contributed by atoms with Gasteiger partial charge in [0.1, 0.15) is 5.75 Å². The molecule has 0 saturated carbocycles. The minimum atomic E-state index is -0.164. The molecular weight excluding hydrogens is 449 g/mol. The minimum Gasteiger partial charge on any atom is -0.497 e. The van der Waals surface area contributed by atoms with Crippen molar-refractivity contribution < 1.29 is 9.53 Å². The summed E-state index contributed by atoms with van der Waals surface area (Å²) < 4.78 is 6.19. The van der Waals surface area contributed by atoms with Crippen LogP contribution in [0.5, 0.6) is 5.75 Å². The summed E-state index contributed by atoms with van der Waals surface area (Å²) in [6.07, 6.45) is 3.48. The highest BCUT2D eigenvalue weighted by Gasteiger charge is 2.24. The first kappa shape index (κ1) is 17.7. The number of halogens is 1. The zero-order valence-corrected chi connectivity index (χ0v) is 16.2. The Hall–Kier alpha value is -2.13. The molecule has 0 radical (unpaired) electrons. The second-order valence-electron chi connectivity index (χ2n) is 5.01. The van der Waals surface area contributed by atoms with Crippen LogP contribution in [0.1, 0.15) is 11.1 Å². The van der Waals surface area contributed by atoms with E-state index in [0.29, 0.717) is 10.1 Å². The molecule has 0 atom stereocenters. The Morgan fingerprint density at radius 1 is 1.16 bits per heavy atom. The van der Waals surface area contributed by atoms with Gasteiger partial charge >= 0.3 is 0 Å². The van der Waals surface area contributed by atoms with Gasteiger partial charge in [-0.05, 0) is 81.9 Å². The molecule has 1 fully saturated rings. The van der Waals surface area contributed by atoms with E-state index in [0.717, 1.165) is 20.4 Å². The summed E-state index contributed by atoms with van der Waals surface area (Å²) in [6, 6.07) is 15.3. The highest BCUT2D eigenvalue weighted by Crippen LogP contribution is 2.27. The molecule has 7 heteroatoms. The molecule has 1 heterocycles. The van der Waals surface area contributed by atoms with Crippen LogP contribution in [0.4, 0.5) is 0 Å². The number of carbonyl (C=O) groups excluding carboxylic acids is 1. The average Bonchev–Trinajstić information content (AvgIpc) is 2.97. The van der Waals surface area contributed by atoms with Crippen LogP contribution in [-0.2, 0) is 4.79 Å². The molecule has 2 aromatic rings. The molecule has 0 bridgehead atoms. The monoisotopic (exact) mass is 463 g/mol. The van der Waals surface area contributed by atoms with Crippen LogP contribution >= 0.6 is 34.4 Å². The fourth-order valence-electron chi connectivity index (χ4n) is 2.05. The Labute approximate surface area is 163 Å². The number of nitrogens with one attached hydrogen (secondary N) is 1. The molecule has 1 amide bonds. The number of methoxy groups -OCH3 is 1. The third kappa shape index (κ3) is 4.70. The first-order chi connectivity index (χ1) is 12.2. The lowest BCUT2D eigenvalue weighted by Gasteiger charge is -1.98. The zero-order valence-electron chi connectivity index (χ0n) is 13.3. The summed E-state index contributed by atoms with van der Waals surface area (Å²) >= 11 is 3.52. The van der Waals surface area contributed by atoms with E-state index in [1.807, 2.05) is 54.6 Å². The van der Waals surface area contributed by atoms with Gasteiger partial charge in [-0.15, -0.1) is 5.10 Å². The summed E-state index contributed by atoms with van der Waals surface area (Å²) in [5, 5.41) is 11.3. The van der Waals surface area contributed by atoms with Gasteiger partial charge < -0.3 is 4.74 Å². The van der Waals surface area contributed by atoms with Gasteiger partial charge in [-0.1, -0.05) is 18.2 Å². The number of amides is 1. The number of thioether (sulfide) groups is 1. The van der Waals surface area contributed by atoms with E-state index in [4.69, 9.17) is 4.74 Å². The predicted octanol–water partition coefficient (Wildman–Crippen LogP) is 3.89. The second kappa shape index (κ2) is 8.30. The summed E-state index contributed by atoms with van der Waals surface area (Å²) in [5.41, 5.74) is 1.90. The maximum absolute atomic E-state index is 12.1. The van der Waals surface area contributed by atoms with E-state index in [-0.39, 0.29) is 5.91 Å². The quantitative estimate of drug-likeness (QED) is 0.324. The zero-order chi connectivity index (χ0) is 17.6. The minimum absolute atomic E-state index is 0.164. The number of hydrogen-bond donors (Lipinski definition) is 1. The average molecular weight is 463 g/mol. The number of hydrogen-bond acceptors (Lipinski definition) is 5. The Bertz CT molecular complexity index is 876. The highest BCUT2D eigenvalue weighted by atomic mass is 127. The standard InChI is InChI=1S/C18H14IN3O2S/c1-24-14-8-6-12(7-9-14)11-20-22-18-21-17(23)16(25-18)10-13-4-2-3-5-15(13)19/h2-11H,1H3,(H,21,22,23)/b16-10+,20-11+. The predicted molar refractivity (Wildman–Crippen MR) is 111 cm³/mol. The smallest absolute Gasteiger partial charge is 0.264 e. The van der Waals surface area contributed by atoms with Gasteiger partial charge in [0.15, 0.2) is 5.17 Å². The largest absolute Gasteiger partial charge is 0.497 e. The maximum Gasteiger partial charge on any atom is 0.264 e. The molecule has 126 valence electrons. The maximum atomic E-state index is 12.1. The SMILES string of the molecule is COc1ccc(/C=N/N=C2\NC(=O)/C(=C\c3ccccc3I)S2)cc1. The molecule has 3 rings (SSSR count). The van der Waals surface area contributed by atoms with E-state index in [9.17, 15) is 4.79 Å². The Balaban J connectivity index is 1.70. The van der Waals surface area contributed by atoms with Gasteiger partial charge in [0.2, 0.25) is 0 Å². The van der Waals surface area contributed by atoms with Crippen molar-refractivity contribution in [3.8, 4) is 5.75 Å². The molecule has 1 saturated heterocycles. The van der Waals surface area contributed by atoms with Crippen molar-refractivity contribution in [2.75, 3.05) is 7.11 Å². The van der Waals surface area contributed by atoms with Crippen molar-refractivity contribution in [1.29, 1.82) is 0 Å². The van der Waals surface area contributed by atoms with Crippen molar-refractivity contribution in [3.05, 3.63) is 68.1 Å². The van der Waals surface area contributed by atoms with E-state index in [1.165, 1.54) is 11.8 Å². The van der Waals surface area contributed by atoms with Gasteiger partial charge in [-0.2, -0.15) is 5.10 Å². The third-order valence-corrected chi connectivity index (χ3v) is 5.20. The van der Waals surface area contributed by atoms with E-state index >= 15 is 0 Å². The van der Waals surface area contributed by atoms with E-state index < -0.39 is 0 Å². The molecule has 0 aliphatic carbocycles. The lowest BCUT2D eigenvalue weighted by atomic mass is 10.2. The third-order valence-electron chi connectivity index (χ3n) is 3.31. The topological polar surface area (TPSA) is 63.1 Å². The van der Waals surface area contributed by atoms with Crippen molar-refractivity contribution >= 4 is 57.7 Å². The fourth-order valence-corrected chi connectivity index (χ4v) is 3.36. The lowest BCUT2D eigenvalue weighted by Crippen LogP contribution is -2.19. The molecule has 25 heavy (non-hydrogen) atoms. The van der Waals surface area contributed by atoms with Crippen molar-refractivity contribution in [2.45, 2.75) is 0 Å². The van der Waals surface area contributed by atoms with Crippen LogP contribution in [0, 0.1) is 3.57 Å². The number of carbonyl (C=O) groups is 1. The van der Waals surface area contributed by atoms with Crippen LogP contribution in [0.2, 0.25) is 0 Å². The van der Waals surface area contributed by atoms with Gasteiger partial charge in [0, 0.05) is 3.57 Å². The Kier molecular flexibility index (Phi) is 5.87. The molecule has 0 spiro atoms. The molecule has 0 aromatic heterocycles. The molecule has 1 aliphatic rings. The van der Waals surface area contributed by atoms with Crippen LogP contribution in [-0.4, -0.2) is 24.4 Å². The Morgan fingerprint density at radius 3 is 2.64 bits per heavy atom. The molecule has 0 unspecified atom stereocenters. The second-order valence-corrected chi connectivity index (χ2v) is 7.20. The van der Waals surface area contributed by atoms with Crippen LogP contribution < -0.4 is 10.1 Å². The number of rotatable bonds is 4. The summed E-state index contributed by atoms with van der Waals surface area (Å²) in [7, 11) is 1.62. The number of nitrogens with zero attached hydrogens (tertiary/aromatic N) is 2. The molecule has 2 aromatic carbocycles. The molecule has 1 N–H and O–H groups in total. The fraction of sp³-hybridized carbons (Fsp3) is 0.0556. The summed E-state index contributed by atoms with van der Waals surface area (Å²) in [6.45, 7) is 0. The number of ether oxygens (including phenoxy) is 1. The van der Waals surface area contributed by atoms with Crippen molar-refractivity contribution in [3.63, 3.8) is 0 Å². The summed E-state index contributed by atoms with van der Waals surface area (Å²) in [5.74, 6) is 0.621. The van der Waals surface area contributed by atoms with Crippen LogP contribution in [0.25, 0.3) is 6.08 Å². The van der Waals surface area contributed by atoms with E-state index in [1.54, 1.807) is 13.3 Å². The van der Waals surface area contributed by atoms with Crippen LogP contribution in [0.3, 0.4) is 0 Å². The first-order valence-corrected chi connectivity index (χ1v) is 9.26. The normalized spacial score (nSPS) is 17.4. The van der Waals surface area contributed by atoms with Crippen molar-refractivity contribution in [1.82, 2.24) is 5.32 Å². The Morgan fingerprint density at radius 2 is 1.92 bits per heavy atom. The van der Waals surface area contributed by atoms with Gasteiger partial charge in [-0.25, -0.2) is 0 Å². The molecule has 5 nitrogen and oxygen atoms in total.